The number of aliphatic hydroxyl groups is 1. The van der Waals surface area contributed by atoms with E-state index < -0.39 is 0 Å². The molecule has 2 bridgehead atoms. The van der Waals surface area contributed by atoms with E-state index in [1.54, 1.807) is 0 Å². The summed E-state index contributed by atoms with van der Waals surface area (Å²) >= 11 is 0. The van der Waals surface area contributed by atoms with E-state index in [-0.39, 0.29) is 0 Å². The molecule has 0 unspecified atom stereocenters. The van der Waals surface area contributed by atoms with Crippen LogP contribution in [0.25, 0.3) is 0 Å². The van der Waals surface area contributed by atoms with E-state index in [0.717, 1.165) is 23.7 Å². The third kappa shape index (κ3) is 0.783. The summed E-state index contributed by atoms with van der Waals surface area (Å²) in [6, 6.07) is 0. The van der Waals surface area contributed by atoms with Crippen LogP contribution in [0.2, 0.25) is 0 Å². The zero-order valence-corrected chi connectivity index (χ0v) is 7.58. The Balaban J connectivity index is 1.83. The predicted molar refractivity (Wildman–Crippen MR) is 47.6 cm³/mol. The smallest absolute Gasteiger partial charge is 0.0462 e. The molecular formula is C11H18O. The largest absolute Gasteiger partial charge is 0.396 e. The highest BCUT2D eigenvalue weighted by atomic mass is 16.3. The molecule has 1 nitrogen and oxygen atoms in total. The summed E-state index contributed by atoms with van der Waals surface area (Å²) in [4.78, 5) is 0. The van der Waals surface area contributed by atoms with Crippen LogP contribution >= 0.6 is 0 Å². The normalized spacial score (nSPS) is 56.2. The fourth-order valence-corrected chi connectivity index (χ4v) is 4.42. The van der Waals surface area contributed by atoms with Gasteiger partial charge in [0, 0.05) is 6.61 Å². The molecule has 3 aliphatic rings. The van der Waals surface area contributed by atoms with Crippen LogP contribution in [0, 0.1) is 29.6 Å². The van der Waals surface area contributed by atoms with Gasteiger partial charge >= 0.3 is 0 Å². The van der Waals surface area contributed by atoms with Crippen LogP contribution in [-0.2, 0) is 0 Å². The van der Waals surface area contributed by atoms with E-state index >= 15 is 0 Å². The Morgan fingerprint density at radius 3 is 2.67 bits per heavy atom. The first-order valence-electron chi connectivity index (χ1n) is 5.51. The lowest BCUT2D eigenvalue weighted by Crippen LogP contribution is -2.26. The molecule has 3 fully saturated rings. The number of hydrogen-bond donors (Lipinski definition) is 1. The van der Waals surface area contributed by atoms with Crippen LogP contribution in [-0.4, -0.2) is 11.7 Å². The van der Waals surface area contributed by atoms with Gasteiger partial charge < -0.3 is 5.11 Å². The molecule has 0 aromatic rings. The van der Waals surface area contributed by atoms with Crippen molar-refractivity contribution in [3.8, 4) is 0 Å². The highest BCUT2D eigenvalue weighted by Gasteiger charge is 2.53. The van der Waals surface area contributed by atoms with Crippen LogP contribution in [0.3, 0.4) is 0 Å². The number of fused-ring (bicyclic) bond motifs is 5. The molecule has 0 saturated heterocycles. The van der Waals surface area contributed by atoms with Crippen LogP contribution < -0.4 is 0 Å². The fourth-order valence-electron chi connectivity index (χ4n) is 4.42. The molecule has 0 aromatic heterocycles. The second-order valence-corrected chi connectivity index (χ2v) is 5.10. The minimum atomic E-state index is 0.463. The van der Waals surface area contributed by atoms with E-state index in [1.807, 2.05) is 0 Å². The van der Waals surface area contributed by atoms with Crippen molar-refractivity contribution in [2.45, 2.75) is 32.1 Å². The first-order valence-corrected chi connectivity index (χ1v) is 5.51. The van der Waals surface area contributed by atoms with Gasteiger partial charge in [-0.3, -0.25) is 0 Å². The number of aliphatic hydroxyl groups excluding tert-OH is 1. The van der Waals surface area contributed by atoms with Crippen molar-refractivity contribution in [3.63, 3.8) is 0 Å². The Morgan fingerprint density at radius 2 is 1.83 bits per heavy atom. The standard InChI is InChI=1S/C11H18O/c12-6-8-4-7-5-11(8)10-3-1-2-9(7)10/h7-12H,1-6H2/t7-,8-,9+,10+,11-/m1/s1. The highest BCUT2D eigenvalue weighted by Crippen LogP contribution is 2.60. The maximum atomic E-state index is 9.21. The van der Waals surface area contributed by atoms with Crippen LogP contribution in [0.4, 0.5) is 0 Å². The molecule has 0 aromatic carbocycles. The van der Waals surface area contributed by atoms with Gasteiger partial charge in [-0.1, -0.05) is 6.42 Å². The zero-order valence-electron chi connectivity index (χ0n) is 7.58. The SMILES string of the molecule is OC[C@H]1C[C@@H]2C[C@H]1[C@H]1CCC[C@@H]21. The first-order chi connectivity index (χ1) is 5.90. The van der Waals surface area contributed by atoms with E-state index in [0.29, 0.717) is 12.5 Å². The predicted octanol–water partition coefficient (Wildman–Crippen LogP) is 2.05. The maximum Gasteiger partial charge on any atom is 0.0462 e. The van der Waals surface area contributed by atoms with Crippen molar-refractivity contribution >= 4 is 0 Å². The molecule has 1 N–H and O–H groups in total. The first kappa shape index (κ1) is 7.37. The fraction of sp³-hybridized carbons (Fsp3) is 1.00. The van der Waals surface area contributed by atoms with Crippen molar-refractivity contribution in [3.05, 3.63) is 0 Å². The summed E-state index contributed by atoms with van der Waals surface area (Å²) < 4.78 is 0. The molecule has 68 valence electrons. The van der Waals surface area contributed by atoms with Crippen molar-refractivity contribution in [1.82, 2.24) is 0 Å². The monoisotopic (exact) mass is 166 g/mol. The highest BCUT2D eigenvalue weighted by molar-refractivity contribution is 5.02. The second kappa shape index (κ2) is 2.47. The summed E-state index contributed by atoms with van der Waals surface area (Å²) in [7, 11) is 0. The molecule has 0 spiro atoms. The Morgan fingerprint density at radius 1 is 1.00 bits per heavy atom. The van der Waals surface area contributed by atoms with E-state index in [1.165, 1.54) is 32.1 Å². The van der Waals surface area contributed by atoms with Gasteiger partial charge in [0.1, 0.15) is 0 Å². The third-order valence-electron chi connectivity index (χ3n) is 4.80. The number of hydrogen-bond acceptors (Lipinski definition) is 1. The Hall–Kier alpha value is -0.0400. The van der Waals surface area contributed by atoms with Gasteiger partial charge in [0.15, 0.2) is 0 Å². The molecule has 0 aliphatic heterocycles. The average Bonchev–Trinajstić information content (AvgIpc) is 2.75. The van der Waals surface area contributed by atoms with Gasteiger partial charge in [-0.15, -0.1) is 0 Å². The van der Waals surface area contributed by atoms with E-state index in [2.05, 4.69) is 0 Å². The molecule has 3 rings (SSSR count). The Kier molecular flexibility index (Phi) is 1.52. The van der Waals surface area contributed by atoms with Crippen LogP contribution in [0.5, 0.6) is 0 Å². The van der Waals surface area contributed by atoms with Gasteiger partial charge in [0.05, 0.1) is 0 Å². The van der Waals surface area contributed by atoms with Crippen molar-refractivity contribution in [2.75, 3.05) is 6.61 Å². The third-order valence-corrected chi connectivity index (χ3v) is 4.80. The summed E-state index contributed by atoms with van der Waals surface area (Å²) in [5.74, 6) is 4.74. The molecule has 12 heavy (non-hydrogen) atoms. The number of rotatable bonds is 1. The van der Waals surface area contributed by atoms with Gasteiger partial charge in [0.2, 0.25) is 0 Å². The molecule has 0 amide bonds. The summed E-state index contributed by atoms with van der Waals surface area (Å²) in [6.45, 7) is 0.463. The van der Waals surface area contributed by atoms with Crippen LogP contribution in [0.1, 0.15) is 32.1 Å². The van der Waals surface area contributed by atoms with Gasteiger partial charge in [-0.05, 0) is 55.3 Å². The van der Waals surface area contributed by atoms with E-state index in [4.69, 9.17) is 0 Å². The molecule has 3 aliphatic carbocycles. The topological polar surface area (TPSA) is 20.2 Å². The Labute approximate surface area is 74.2 Å². The van der Waals surface area contributed by atoms with Gasteiger partial charge in [-0.2, -0.15) is 0 Å². The molecule has 0 radical (unpaired) electrons. The summed E-state index contributed by atoms with van der Waals surface area (Å²) in [5.41, 5.74) is 0. The summed E-state index contributed by atoms with van der Waals surface area (Å²) in [6.07, 6.45) is 7.26. The second-order valence-electron chi connectivity index (χ2n) is 5.10. The Bertz CT molecular complexity index is 187. The van der Waals surface area contributed by atoms with Crippen molar-refractivity contribution in [1.29, 1.82) is 0 Å². The van der Waals surface area contributed by atoms with Crippen LogP contribution in [0.15, 0.2) is 0 Å². The molecule has 5 atom stereocenters. The average molecular weight is 166 g/mol. The lowest BCUT2D eigenvalue weighted by atomic mass is 9.76. The minimum Gasteiger partial charge on any atom is -0.396 e. The zero-order chi connectivity index (χ0) is 8.13. The van der Waals surface area contributed by atoms with E-state index in [9.17, 15) is 5.11 Å². The molecule has 0 heterocycles. The lowest BCUT2D eigenvalue weighted by molar-refractivity contribution is 0.121. The molecule has 3 saturated carbocycles. The molecular weight excluding hydrogens is 148 g/mol. The van der Waals surface area contributed by atoms with Crippen molar-refractivity contribution in [2.24, 2.45) is 29.6 Å². The van der Waals surface area contributed by atoms with Gasteiger partial charge in [0.25, 0.3) is 0 Å². The lowest BCUT2D eigenvalue weighted by Gasteiger charge is -2.30. The van der Waals surface area contributed by atoms with Crippen molar-refractivity contribution < 1.29 is 5.11 Å². The maximum absolute atomic E-state index is 9.21. The molecule has 1 heteroatoms. The minimum absolute atomic E-state index is 0.463. The quantitative estimate of drug-likeness (QED) is 0.632. The van der Waals surface area contributed by atoms with Gasteiger partial charge in [-0.25, -0.2) is 0 Å². The summed E-state index contributed by atoms with van der Waals surface area (Å²) in [5, 5.41) is 9.21.